The monoisotopic (exact) mass is 279 g/mol. The second kappa shape index (κ2) is 5.97. The molecule has 104 valence electrons. The minimum absolute atomic E-state index is 0.0900. The van der Waals surface area contributed by atoms with Gasteiger partial charge < -0.3 is 10.0 Å². The van der Waals surface area contributed by atoms with Gasteiger partial charge >= 0.3 is 0 Å². The van der Waals surface area contributed by atoms with E-state index in [9.17, 15) is 9.90 Å². The van der Waals surface area contributed by atoms with Crippen LogP contribution in [0.2, 0.25) is 0 Å². The lowest BCUT2D eigenvalue weighted by Crippen LogP contribution is -2.45. The fraction of sp³-hybridized carbons (Fsp3) is 0.533. The first-order valence-corrected chi connectivity index (χ1v) is 7.87. The number of rotatable bonds is 2. The van der Waals surface area contributed by atoms with Gasteiger partial charge in [0, 0.05) is 23.5 Å². The molecule has 0 radical (unpaired) electrons. The number of carbonyl (C=O) groups excluding carboxylic acids is 1. The number of hydrogen-bond donors (Lipinski definition) is 1. The summed E-state index contributed by atoms with van der Waals surface area (Å²) in [6.07, 6.45) is 2.41. The van der Waals surface area contributed by atoms with E-state index in [4.69, 9.17) is 0 Å². The van der Waals surface area contributed by atoms with Crippen molar-refractivity contribution in [2.75, 3.05) is 19.3 Å². The highest BCUT2D eigenvalue weighted by Gasteiger charge is 2.28. The first kappa shape index (κ1) is 14.4. The predicted octanol–water partition coefficient (Wildman–Crippen LogP) is 2.56. The van der Waals surface area contributed by atoms with Gasteiger partial charge in [0.1, 0.15) is 0 Å². The molecule has 19 heavy (non-hydrogen) atoms. The Morgan fingerprint density at radius 2 is 2.21 bits per heavy atom. The highest BCUT2D eigenvalue weighted by molar-refractivity contribution is 7.98. The molecule has 0 bridgehead atoms. The lowest BCUT2D eigenvalue weighted by molar-refractivity contribution is 0.0297. The number of aryl methyl sites for hydroxylation is 1. The second-order valence-electron chi connectivity index (χ2n) is 5.27. The molecule has 1 N–H and O–H groups in total. The number of hydrogen-bond acceptors (Lipinski definition) is 3. The van der Waals surface area contributed by atoms with Gasteiger partial charge in [0.25, 0.3) is 5.91 Å². The summed E-state index contributed by atoms with van der Waals surface area (Å²) in [7, 11) is 0. The predicted molar refractivity (Wildman–Crippen MR) is 78.7 cm³/mol. The molecule has 1 aliphatic heterocycles. The normalized spacial score (nSPS) is 23.5. The molecule has 3 nitrogen and oxygen atoms in total. The molecular weight excluding hydrogens is 258 g/mol. The van der Waals surface area contributed by atoms with Crippen molar-refractivity contribution in [3.8, 4) is 0 Å². The summed E-state index contributed by atoms with van der Waals surface area (Å²) in [4.78, 5) is 15.6. The van der Waals surface area contributed by atoms with Crippen LogP contribution < -0.4 is 0 Å². The third kappa shape index (κ3) is 3.12. The van der Waals surface area contributed by atoms with Gasteiger partial charge in [0.05, 0.1) is 6.10 Å². The third-order valence-electron chi connectivity index (χ3n) is 3.82. The summed E-state index contributed by atoms with van der Waals surface area (Å²) in [6.45, 7) is 5.26. The van der Waals surface area contributed by atoms with Crippen LogP contribution in [0.1, 0.15) is 29.3 Å². The topological polar surface area (TPSA) is 40.5 Å². The molecule has 1 aromatic rings. The van der Waals surface area contributed by atoms with E-state index in [2.05, 4.69) is 0 Å². The van der Waals surface area contributed by atoms with Crippen LogP contribution in [-0.4, -0.2) is 41.4 Å². The van der Waals surface area contributed by atoms with E-state index in [1.807, 2.05) is 43.2 Å². The summed E-state index contributed by atoms with van der Waals surface area (Å²) >= 11 is 1.65. The Kier molecular flexibility index (Phi) is 4.53. The van der Waals surface area contributed by atoms with Gasteiger partial charge in [-0.05, 0) is 43.2 Å². The number of thioether (sulfide) groups is 1. The molecule has 1 aromatic carbocycles. The van der Waals surface area contributed by atoms with Gasteiger partial charge in [-0.1, -0.05) is 13.0 Å². The fourth-order valence-electron chi connectivity index (χ4n) is 2.45. The Morgan fingerprint density at radius 1 is 1.47 bits per heavy atom. The Morgan fingerprint density at radius 3 is 2.84 bits per heavy atom. The maximum absolute atomic E-state index is 12.6. The first-order valence-electron chi connectivity index (χ1n) is 6.65. The summed E-state index contributed by atoms with van der Waals surface area (Å²) < 4.78 is 0. The molecule has 1 saturated heterocycles. The molecule has 0 aromatic heterocycles. The van der Waals surface area contributed by atoms with Crippen molar-refractivity contribution in [1.29, 1.82) is 0 Å². The van der Waals surface area contributed by atoms with E-state index in [1.165, 1.54) is 0 Å². The molecule has 4 heteroatoms. The zero-order valence-corrected chi connectivity index (χ0v) is 12.5. The third-order valence-corrected chi connectivity index (χ3v) is 4.55. The van der Waals surface area contributed by atoms with E-state index in [-0.39, 0.29) is 17.9 Å². The number of nitrogens with zero attached hydrogens (tertiary/aromatic N) is 1. The molecule has 0 saturated carbocycles. The van der Waals surface area contributed by atoms with Crippen LogP contribution in [0.5, 0.6) is 0 Å². The Labute approximate surface area is 119 Å². The molecular formula is C15H21NO2S. The van der Waals surface area contributed by atoms with Crippen molar-refractivity contribution in [1.82, 2.24) is 4.90 Å². The lowest BCUT2D eigenvalue weighted by atomic mass is 9.95. The molecule has 1 aliphatic rings. The minimum Gasteiger partial charge on any atom is -0.393 e. The molecule has 1 fully saturated rings. The van der Waals surface area contributed by atoms with Crippen LogP contribution in [0.15, 0.2) is 23.1 Å². The quantitative estimate of drug-likeness (QED) is 0.846. The number of amides is 1. The van der Waals surface area contributed by atoms with Crippen molar-refractivity contribution in [3.05, 3.63) is 29.3 Å². The van der Waals surface area contributed by atoms with Crippen LogP contribution >= 0.6 is 11.8 Å². The minimum atomic E-state index is -0.275. The Balaban J connectivity index is 2.20. The van der Waals surface area contributed by atoms with Crippen molar-refractivity contribution < 1.29 is 9.90 Å². The average molecular weight is 279 g/mol. The Bertz CT molecular complexity index is 475. The number of carbonyl (C=O) groups is 1. The van der Waals surface area contributed by atoms with Crippen LogP contribution in [0.4, 0.5) is 0 Å². The summed E-state index contributed by atoms with van der Waals surface area (Å²) in [5.74, 6) is 0.244. The van der Waals surface area contributed by atoms with Gasteiger partial charge in [0.15, 0.2) is 0 Å². The van der Waals surface area contributed by atoms with E-state index < -0.39 is 0 Å². The highest BCUT2D eigenvalue weighted by atomic mass is 32.2. The van der Waals surface area contributed by atoms with Crippen molar-refractivity contribution >= 4 is 17.7 Å². The Hall–Kier alpha value is -1.00. The highest BCUT2D eigenvalue weighted by Crippen LogP contribution is 2.23. The van der Waals surface area contributed by atoms with E-state index in [1.54, 1.807) is 11.8 Å². The molecule has 2 atom stereocenters. The maximum atomic E-state index is 12.6. The number of piperidine rings is 1. The summed E-state index contributed by atoms with van der Waals surface area (Å²) in [5.41, 5.74) is 1.80. The van der Waals surface area contributed by atoms with Gasteiger partial charge in [-0.3, -0.25) is 4.79 Å². The number of benzene rings is 1. The zero-order chi connectivity index (χ0) is 14.0. The smallest absolute Gasteiger partial charge is 0.254 e. The molecule has 1 heterocycles. The molecule has 0 spiro atoms. The van der Waals surface area contributed by atoms with Gasteiger partial charge in [-0.15, -0.1) is 11.8 Å². The average Bonchev–Trinajstić information content (AvgIpc) is 2.41. The molecule has 2 unspecified atom stereocenters. The standard InChI is InChI=1S/C15H21NO2S/c1-10-4-5-12(19-3)8-13(10)15(18)16-7-6-14(17)11(2)9-16/h4-5,8,11,14,17H,6-7,9H2,1-3H3. The number of aliphatic hydroxyl groups is 1. The zero-order valence-electron chi connectivity index (χ0n) is 11.7. The van der Waals surface area contributed by atoms with Crippen LogP contribution in [0, 0.1) is 12.8 Å². The van der Waals surface area contributed by atoms with Crippen LogP contribution in [-0.2, 0) is 0 Å². The number of likely N-dealkylation sites (tertiary alicyclic amines) is 1. The van der Waals surface area contributed by atoms with E-state index >= 15 is 0 Å². The SMILES string of the molecule is CSc1ccc(C)c(C(=O)N2CCC(O)C(C)C2)c1. The maximum Gasteiger partial charge on any atom is 0.254 e. The first-order chi connectivity index (χ1) is 9.02. The molecule has 1 amide bonds. The summed E-state index contributed by atoms with van der Waals surface area (Å²) in [6, 6.07) is 6.01. The lowest BCUT2D eigenvalue weighted by Gasteiger charge is -2.34. The van der Waals surface area contributed by atoms with Gasteiger partial charge in [0.2, 0.25) is 0 Å². The van der Waals surface area contributed by atoms with Crippen molar-refractivity contribution in [3.63, 3.8) is 0 Å². The largest absolute Gasteiger partial charge is 0.393 e. The molecule has 0 aliphatic carbocycles. The van der Waals surface area contributed by atoms with Crippen LogP contribution in [0.25, 0.3) is 0 Å². The van der Waals surface area contributed by atoms with E-state index in [0.29, 0.717) is 19.5 Å². The molecule has 2 rings (SSSR count). The van der Waals surface area contributed by atoms with Gasteiger partial charge in [-0.25, -0.2) is 0 Å². The van der Waals surface area contributed by atoms with E-state index in [0.717, 1.165) is 16.0 Å². The van der Waals surface area contributed by atoms with Gasteiger partial charge in [-0.2, -0.15) is 0 Å². The second-order valence-corrected chi connectivity index (χ2v) is 6.14. The van der Waals surface area contributed by atoms with Crippen molar-refractivity contribution in [2.45, 2.75) is 31.3 Å². The number of aliphatic hydroxyl groups excluding tert-OH is 1. The van der Waals surface area contributed by atoms with Crippen LogP contribution in [0.3, 0.4) is 0 Å². The van der Waals surface area contributed by atoms with Crippen molar-refractivity contribution in [2.24, 2.45) is 5.92 Å². The summed E-state index contributed by atoms with van der Waals surface area (Å²) in [5, 5.41) is 9.74. The fourth-order valence-corrected chi connectivity index (χ4v) is 2.89.